The fourth-order valence-electron chi connectivity index (χ4n) is 2.86. The highest BCUT2D eigenvalue weighted by molar-refractivity contribution is 14.0. The minimum atomic E-state index is 0. The average Bonchev–Trinajstić information content (AvgIpc) is 2.57. The lowest BCUT2D eigenvalue weighted by Crippen LogP contribution is -2.37. The number of guanidine groups is 1. The number of nitrogens with zero attached hydrogens (tertiary/aromatic N) is 1. The monoisotopic (exact) mass is 444 g/mol. The second kappa shape index (κ2) is 12.1. The second-order valence-electron chi connectivity index (χ2n) is 6.08. The van der Waals surface area contributed by atoms with Crippen LogP contribution in [-0.4, -0.2) is 31.0 Å². The summed E-state index contributed by atoms with van der Waals surface area (Å²) in [7, 11) is 0. The van der Waals surface area contributed by atoms with Gasteiger partial charge < -0.3 is 16.4 Å². The van der Waals surface area contributed by atoms with E-state index in [-0.39, 0.29) is 29.9 Å². The van der Waals surface area contributed by atoms with E-state index in [2.05, 4.69) is 27.8 Å². The quantitative estimate of drug-likeness (QED) is 0.344. The number of rotatable bonds is 7. The van der Waals surface area contributed by atoms with Gasteiger partial charge in [-0.25, -0.2) is 0 Å². The lowest BCUT2D eigenvalue weighted by molar-refractivity contribution is -0.121. The third kappa shape index (κ3) is 8.52. The van der Waals surface area contributed by atoms with E-state index in [9.17, 15) is 4.79 Å². The van der Waals surface area contributed by atoms with Gasteiger partial charge in [0.25, 0.3) is 0 Å². The molecule has 0 bridgehead atoms. The van der Waals surface area contributed by atoms with Crippen LogP contribution in [0.1, 0.15) is 44.1 Å². The van der Waals surface area contributed by atoms with Crippen LogP contribution in [0.3, 0.4) is 0 Å². The molecule has 1 aliphatic carbocycles. The van der Waals surface area contributed by atoms with E-state index in [1.165, 1.54) is 24.8 Å². The largest absolute Gasteiger partial charge is 0.370 e. The van der Waals surface area contributed by atoms with Crippen molar-refractivity contribution >= 4 is 35.8 Å². The number of benzene rings is 1. The molecule has 0 saturated heterocycles. The molecule has 0 unspecified atom stereocenters. The molecule has 24 heavy (non-hydrogen) atoms. The van der Waals surface area contributed by atoms with Crippen molar-refractivity contribution in [1.29, 1.82) is 0 Å². The molecule has 1 fully saturated rings. The molecule has 0 aliphatic heterocycles. The maximum absolute atomic E-state index is 11.9. The van der Waals surface area contributed by atoms with Crippen molar-refractivity contribution in [3.05, 3.63) is 35.9 Å². The number of carbonyl (C=O) groups is 1. The summed E-state index contributed by atoms with van der Waals surface area (Å²) in [6, 6.07) is 10.6. The number of aliphatic imine (C=N–C) groups is 1. The fraction of sp³-hybridized carbons (Fsp3) is 0.556. The molecule has 0 radical (unpaired) electrons. The lowest BCUT2D eigenvalue weighted by Gasteiger charge is -2.22. The van der Waals surface area contributed by atoms with Gasteiger partial charge in [-0.1, -0.05) is 49.6 Å². The molecule has 1 aliphatic rings. The summed E-state index contributed by atoms with van der Waals surface area (Å²) in [6.45, 7) is 1.18. The summed E-state index contributed by atoms with van der Waals surface area (Å²) in [6.07, 6.45) is 7.26. The van der Waals surface area contributed by atoms with E-state index in [0.29, 0.717) is 25.0 Å². The predicted molar refractivity (Wildman–Crippen MR) is 110 cm³/mol. The Kier molecular flexibility index (Phi) is 10.5. The van der Waals surface area contributed by atoms with Crippen molar-refractivity contribution in [1.82, 2.24) is 10.6 Å². The molecule has 0 heterocycles. The maximum atomic E-state index is 11.9. The highest BCUT2D eigenvalue weighted by Crippen LogP contribution is 2.17. The number of nitrogens with one attached hydrogen (secondary N) is 2. The minimum Gasteiger partial charge on any atom is -0.370 e. The van der Waals surface area contributed by atoms with Gasteiger partial charge in [0.2, 0.25) is 5.91 Å². The molecular weight excluding hydrogens is 415 g/mol. The van der Waals surface area contributed by atoms with Gasteiger partial charge in [-0.2, -0.15) is 0 Å². The van der Waals surface area contributed by atoms with E-state index in [0.717, 1.165) is 25.8 Å². The SMILES string of the molecule is I.NC(=NCCC(=O)NC1CCCCC1)NCCc1ccccc1. The van der Waals surface area contributed by atoms with E-state index in [1.807, 2.05) is 18.2 Å². The molecule has 0 atom stereocenters. The first-order chi connectivity index (χ1) is 11.2. The summed E-state index contributed by atoms with van der Waals surface area (Å²) in [5.41, 5.74) is 7.08. The summed E-state index contributed by atoms with van der Waals surface area (Å²) in [4.78, 5) is 16.1. The first kappa shape index (κ1) is 20.7. The maximum Gasteiger partial charge on any atom is 0.222 e. The first-order valence-electron chi connectivity index (χ1n) is 8.61. The van der Waals surface area contributed by atoms with Gasteiger partial charge in [0.05, 0.1) is 6.54 Å². The number of carbonyl (C=O) groups excluding carboxylic acids is 1. The van der Waals surface area contributed by atoms with Crippen LogP contribution in [0.2, 0.25) is 0 Å². The van der Waals surface area contributed by atoms with Crippen molar-refractivity contribution in [2.45, 2.75) is 51.0 Å². The molecule has 1 saturated carbocycles. The molecule has 6 heteroatoms. The number of hydrogen-bond donors (Lipinski definition) is 3. The third-order valence-corrected chi connectivity index (χ3v) is 4.15. The van der Waals surface area contributed by atoms with Crippen LogP contribution in [0.5, 0.6) is 0 Å². The molecule has 1 aromatic carbocycles. The van der Waals surface area contributed by atoms with Gasteiger partial charge in [0.1, 0.15) is 0 Å². The molecule has 2 rings (SSSR count). The smallest absolute Gasteiger partial charge is 0.222 e. The van der Waals surface area contributed by atoms with Crippen LogP contribution in [0.25, 0.3) is 0 Å². The molecule has 1 aromatic rings. The summed E-state index contributed by atoms with van der Waals surface area (Å²) in [5, 5.41) is 6.17. The van der Waals surface area contributed by atoms with Gasteiger partial charge in [-0.15, -0.1) is 24.0 Å². The van der Waals surface area contributed by atoms with E-state index in [1.54, 1.807) is 0 Å². The number of nitrogens with two attached hydrogens (primary N) is 1. The molecular formula is C18H29IN4O. The third-order valence-electron chi connectivity index (χ3n) is 4.15. The fourth-order valence-corrected chi connectivity index (χ4v) is 2.86. The minimum absolute atomic E-state index is 0. The Hall–Kier alpha value is -1.31. The second-order valence-corrected chi connectivity index (χ2v) is 6.08. The normalized spacial score (nSPS) is 15.4. The van der Waals surface area contributed by atoms with E-state index in [4.69, 9.17) is 5.73 Å². The van der Waals surface area contributed by atoms with Crippen LogP contribution in [0.4, 0.5) is 0 Å². The Morgan fingerprint density at radius 3 is 2.58 bits per heavy atom. The molecule has 0 spiro atoms. The average molecular weight is 444 g/mol. The van der Waals surface area contributed by atoms with Crippen LogP contribution < -0.4 is 16.4 Å². The van der Waals surface area contributed by atoms with E-state index < -0.39 is 0 Å². The van der Waals surface area contributed by atoms with Gasteiger partial charge in [0, 0.05) is 19.0 Å². The molecule has 5 nitrogen and oxygen atoms in total. The van der Waals surface area contributed by atoms with Gasteiger partial charge >= 0.3 is 0 Å². The Bertz CT molecular complexity index is 501. The Labute approximate surface area is 161 Å². The van der Waals surface area contributed by atoms with Gasteiger partial charge in [0.15, 0.2) is 5.96 Å². The molecule has 0 aromatic heterocycles. The molecule has 134 valence electrons. The number of amides is 1. The highest BCUT2D eigenvalue weighted by Gasteiger charge is 2.15. The first-order valence-corrected chi connectivity index (χ1v) is 8.61. The zero-order chi connectivity index (χ0) is 16.3. The van der Waals surface area contributed by atoms with Crippen molar-refractivity contribution < 1.29 is 4.79 Å². The van der Waals surface area contributed by atoms with Gasteiger partial charge in [-0.3, -0.25) is 9.79 Å². The van der Waals surface area contributed by atoms with Crippen molar-refractivity contribution in [2.75, 3.05) is 13.1 Å². The zero-order valence-electron chi connectivity index (χ0n) is 14.2. The Balaban J connectivity index is 0.00000288. The lowest BCUT2D eigenvalue weighted by atomic mass is 9.95. The van der Waals surface area contributed by atoms with Crippen LogP contribution >= 0.6 is 24.0 Å². The van der Waals surface area contributed by atoms with Crippen LogP contribution in [0.15, 0.2) is 35.3 Å². The zero-order valence-corrected chi connectivity index (χ0v) is 16.5. The topological polar surface area (TPSA) is 79.5 Å². The Morgan fingerprint density at radius 2 is 1.88 bits per heavy atom. The van der Waals surface area contributed by atoms with Gasteiger partial charge in [-0.05, 0) is 24.8 Å². The number of halogens is 1. The summed E-state index contributed by atoms with van der Waals surface area (Å²) < 4.78 is 0. The van der Waals surface area contributed by atoms with Crippen LogP contribution in [-0.2, 0) is 11.2 Å². The van der Waals surface area contributed by atoms with Crippen molar-refractivity contribution in [2.24, 2.45) is 10.7 Å². The van der Waals surface area contributed by atoms with Crippen LogP contribution in [0, 0.1) is 0 Å². The van der Waals surface area contributed by atoms with Crippen molar-refractivity contribution in [3.8, 4) is 0 Å². The predicted octanol–water partition coefficient (Wildman–Crippen LogP) is 2.59. The van der Waals surface area contributed by atoms with Crippen molar-refractivity contribution in [3.63, 3.8) is 0 Å². The standard InChI is InChI=1S/C18H28N4O.HI/c19-18(20-13-11-15-7-3-1-4-8-15)21-14-12-17(23)22-16-9-5-2-6-10-16;/h1,3-4,7-8,16H,2,5-6,9-14H2,(H,22,23)(H3,19,20,21);1H. The molecule has 4 N–H and O–H groups in total. The summed E-state index contributed by atoms with van der Waals surface area (Å²) in [5.74, 6) is 0.490. The Morgan fingerprint density at radius 1 is 1.17 bits per heavy atom. The van der Waals surface area contributed by atoms with E-state index >= 15 is 0 Å². The molecule has 1 amide bonds. The summed E-state index contributed by atoms with van der Waals surface area (Å²) >= 11 is 0. The highest BCUT2D eigenvalue weighted by atomic mass is 127. The number of hydrogen-bond acceptors (Lipinski definition) is 2.